The molecule has 0 radical (unpaired) electrons. The molecule has 0 spiro atoms. The number of hydrogen-bond acceptors (Lipinski definition) is 6. The molecule has 0 saturated carbocycles. The molecule has 5 rings (SSSR count). The number of hydrogen-bond donors (Lipinski definition) is 3. The first-order valence-electron chi connectivity index (χ1n) is 13.2. The first-order chi connectivity index (χ1) is 18.3. The van der Waals surface area contributed by atoms with Gasteiger partial charge in [-0.1, -0.05) is 54.6 Å². The van der Waals surface area contributed by atoms with Gasteiger partial charge in [0.25, 0.3) is 0 Å². The smallest absolute Gasteiger partial charge is 0.206 e. The van der Waals surface area contributed by atoms with E-state index in [2.05, 4.69) is 46.3 Å². The van der Waals surface area contributed by atoms with E-state index < -0.39 is 0 Å². The average Bonchev–Trinajstić information content (AvgIpc) is 3.56. The zero-order valence-electron chi connectivity index (χ0n) is 21.1. The van der Waals surface area contributed by atoms with Crippen LogP contribution in [-0.4, -0.2) is 45.7 Å². The number of aliphatic hydroxyl groups excluding tert-OH is 2. The van der Waals surface area contributed by atoms with E-state index in [-0.39, 0.29) is 25.5 Å². The van der Waals surface area contributed by atoms with Crippen molar-refractivity contribution < 1.29 is 19.7 Å². The number of aliphatic hydroxyl groups is 2. The van der Waals surface area contributed by atoms with Gasteiger partial charge in [-0.05, 0) is 61.4 Å². The molecule has 1 aromatic heterocycles. The summed E-state index contributed by atoms with van der Waals surface area (Å²) in [6, 6.07) is 24.7. The molecule has 4 aromatic rings. The van der Waals surface area contributed by atoms with Gasteiger partial charge >= 0.3 is 0 Å². The van der Waals surface area contributed by atoms with Crippen LogP contribution < -0.4 is 10.1 Å². The minimum absolute atomic E-state index is 0.0302. The third-order valence-corrected chi connectivity index (χ3v) is 6.81. The molecule has 3 N–H and O–H groups in total. The van der Waals surface area contributed by atoms with Gasteiger partial charge in [0.1, 0.15) is 12.0 Å². The highest BCUT2D eigenvalue weighted by atomic mass is 16.5. The number of unbranched alkanes of at least 4 members (excludes halogenated alkanes) is 2. The van der Waals surface area contributed by atoms with Crippen molar-refractivity contribution in [2.75, 3.05) is 25.1 Å². The third-order valence-electron chi connectivity index (χ3n) is 6.81. The number of nitrogens with zero attached hydrogens (tertiary/aromatic N) is 2. The van der Waals surface area contributed by atoms with Crippen molar-refractivity contribution in [3.63, 3.8) is 0 Å². The second kappa shape index (κ2) is 12.2. The lowest BCUT2D eigenvalue weighted by atomic mass is 10.0. The Hall–Kier alpha value is -3.39. The Morgan fingerprint density at radius 1 is 0.946 bits per heavy atom. The Morgan fingerprint density at radius 2 is 1.78 bits per heavy atom. The van der Waals surface area contributed by atoms with Gasteiger partial charge in [-0.3, -0.25) is 4.57 Å². The van der Waals surface area contributed by atoms with Gasteiger partial charge in [-0.2, -0.15) is 0 Å². The highest BCUT2D eigenvalue weighted by Crippen LogP contribution is 2.35. The number of imidazole rings is 1. The zero-order chi connectivity index (χ0) is 25.5. The largest absolute Gasteiger partial charge is 0.493 e. The zero-order valence-corrected chi connectivity index (χ0v) is 21.1. The van der Waals surface area contributed by atoms with Crippen molar-refractivity contribution in [1.29, 1.82) is 0 Å². The number of fused-ring (bicyclic) bond motifs is 1. The molecule has 1 aliphatic heterocycles. The van der Waals surface area contributed by atoms with Crippen LogP contribution in [0.5, 0.6) is 5.75 Å². The van der Waals surface area contributed by atoms with Gasteiger partial charge in [0.05, 0.1) is 30.4 Å². The highest BCUT2D eigenvalue weighted by molar-refractivity contribution is 5.79. The van der Waals surface area contributed by atoms with Crippen molar-refractivity contribution in [2.45, 2.75) is 51.0 Å². The summed E-state index contributed by atoms with van der Waals surface area (Å²) >= 11 is 0. The fraction of sp³-hybridized carbons (Fsp3) is 0.367. The molecule has 7 heteroatoms. The predicted octanol–water partition coefficient (Wildman–Crippen LogP) is 5.53. The van der Waals surface area contributed by atoms with Crippen molar-refractivity contribution in [2.24, 2.45) is 0 Å². The maximum absolute atomic E-state index is 9.56. The Labute approximate surface area is 217 Å². The Kier molecular flexibility index (Phi) is 8.35. The topological polar surface area (TPSA) is 88.8 Å². The molecular weight excluding hydrogens is 466 g/mol. The quantitative estimate of drug-likeness (QED) is 0.221. The predicted molar refractivity (Wildman–Crippen MR) is 146 cm³/mol. The molecule has 0 amide bonds. The van der Waals surface area contributed by atoms with Crippen LogP contribution >= 0.6 is 0 Å². The maximum Gasteiger partial charge on any atom is 0.206 e. The number of anilines is 1. The molecule has 0 unspecified atom stereocenters. The number of nitrogens with one attached hydrogen (secondary N) is 1. The fourth-order valence-corrected chi connectivity index (χ4v) is 4.88. The van der Waals surface area contributed by atoms with Crippen LogP contribution in [0.1, 0.15) is 43.9 Å². The standard InChI is InChI=1S/C30H35N3O4/c34-17-7-2-8-18-36-28-19-22(13-15-25(28)23-9-3-1-4-10-23)20-31-30-32-26-11-5-6-12-27(26)33(30)29-16-14-24(21-35)37-29/h1,3-6,9-13,15,19,24,29,34-35H,2,7-8,14,16-18,20-21H2,(H,31,32)/t24-,29+/m0/s1. The normalized spacial score (nSPS) is 17.4. The number of benzene rings is 3. The first kappa shape index (κ1) is 25.3. The molecule has 1 aliphatic rings. The highest BCUT2D eigenvalue weighted by Gasteiger charge is 2.29. The number of aromatic nitrogens is 2. The second-order valence-electron chi connectivity index (χ2n) is 9.45. The average molecular weight is 502 g/mol. The van der Waals surface area contributed by atoms with Crippen molar-refractivity contribution in [3.05, 3.63) is 78.4 Å². The van der Waals surface area contributed by atoms with Crippen LogP contribution in [0, 0.1) is 0 Å². The molecule has 194 valence electrons. The molecule has 0 bridgehead atoms. The minimum Gasteiger partial charge on any atom is -0.493 e. The summed E-state index contributed by atoms with van der Waals surface area (Å²) in [5.74, 6) is 1.61. The Bertz CT molecular complexity index is 1290. The van der Waals surface area contributed by atoms with Gasteiger partial charge in [-0.15, -0.1) is 0 Å². The van der Waals surface area contributed by atoms with Crippen LogP contribution in [0.25, 0.3) is 22.2 Å². The summed E-state index contributed by atoms with van der Waals surface area (Å²) in [5, 5.41) is 22.1. The van der Waals surface area contributed by atoms with Gasteiger partial charge in [0.2, 0.25) is 5.95 Å². The molecule has 2 atom stereocenters. The molecular formula is C30H35N3O4. The van der Waals surface area contributed by atoms with Crippen LogP contribution in [-0.2, 0) is 11.3 Å². The lowest BCUT2D eigenvalue weighted by molar-refractivity contribution is -0.0195. The van der Waals surface area contributed by atoms with E-state index in [1.54, 1.807) is 0 Å². The van der Waals surface area contributed by atoms with E-state index in [0.717, 1.165) is 71.5 Å². The van der Waals surface area contributed by atoms with Crippen LogP contribution in [0.15, 0.2) is 72.8 Å². The lowest BCUT2D eigenvalue weighted by Gasteiger charge is -2.18. The summed E-state index contributed by atoms with van der Waals surface area (Å²) in [5.41, 5.74) is 5.19. The molecule has 2 heterocycles. The van der Waals surface area contributed by atoms with Gasteiger partial charge in [0, 0.05) is 18.7 Å². The van der Waals surface area contributed by atoms with Gasteiger partial charge in [0.15, 0.2) is 0 Å². The molecule has 3 aromatic carbocycles. The molecule has 1 fully saturated rings. The van der Waals surface area contributed by atoms with E-state index in [4.69, 9.17) is 19.6 Å². The van der Waals surface area contributed by atoms with Crippen LogP contribution in [0.3, 0.4) is 0 Å². The molecule has 37 heavy (non-hydrogen) atoms. The fourth-order valence-electron chi connectivity index (χ4n) is 4.88. The Balaban J connectivity index is 1.37. The number of para-hydroxylation sites is 2. The van der Waals surface area contributed by atoms with Gasteiger partial charge < -0.3 is 25.0 Å². The van der Waals surface area contributed by atoms with E-state index in [0.29, 0.717) is 13.2 Å². The summed E-state index contributed by atoms with van der Waals surface area (Å²) < 4.78 is 14.5. The second-order valence-corrected chi connectivity index (χ2v) is 9.45. The van der Waals surface area contributed by atoms with E-state index in [9.17, 15) is 5.11 Å². The first-order valence-corrected chi connectivity index (χ1v) is 13.2. The monoisotopic (exact) mass is 501 g/mol. The summed E-state index contributed by atoms with van der Waals surface area (Å²) in [4.78, 5) is 4.85. The van der Waals surface area contributed by atoms with Crippen molar-refractivity contribution in [1.82, 2.24) is 9.55 Å². The summed E-state index contributed by atoms with van der Waals surface area (Å²) in [6.45, 7) is 1.43. The summed E-state index contributed by atoms with van der Waals surface area (Å²) in [7, 11) is 0. The van der Waals surface area contributed by atoms with E-state index >= 15 is 0 Å². The molecule has 1 saturated heterocycles. The van der Waals surface area contributed by atoms with E-state index in [1.165, 1.54) is 0 Å². The van der Waals surface area contributed by atoms with Crippen LogP contribution in [0.4, 0.5) is 5.95 Å². The maximum atomic E-state index is 9.56. The lowest BCUT2D eigenvalue weighted by Crippen LogP contribution is -2.16. The minimum atomic E-state index is -0.162. The number of rotatable bonds is 12. The third kappa shape index (κ3) is 5.96. The Morgan fingerprint density at radius 3 is 2.59 bits per heavy atom. The SMILES string of the molecule is OCCCCCOc1cc(CNc2nc3ccccc3n2[C@H]2CC[C@@H](CO)O2)ccc1-c1ccccc1. The van der Waals surface area contributed by atoms with Crippen molar-refractivity contribution >= 4 is 17.0 Å². The van der Waals surface area contributed by atoms with Gasteiger partial charge in [-0.25, -0.2) is 4.98 Å². The molecule has 7 nitrogen and oxygen atoms in total. The van der Waals surface area contributed by atoms with Crippen LogP contribution in [0.2, 0.25) is 0 Å². The number of ether oxygens (including phenoxy) is 2. The van der Waals surface area contributed by atoms with E-state index in [1.807, 2.05) is 36.4 Å². The van der Waals surface area contributed by atoms with Crippen molar-refractivity contribution in [3.8, 4) is 16.9 Å². The molecule has 0 aliphatic carbocycles. The summed E-state index contributed by atoms with van der Waals surface area (Å²) in [6.07, 6.45) is 4.00.